The molecule has 1 amide bonds. The first-order chi connectivity index (χ1) is 13.2. The number of H-pyrrole nitrogens is 1. The van der Waals surface area contributed by atoms with Crippen LogP contribution in [0.5, 0.6) is 5.75 Å². The number of benzene rings is 2. The van der Waals surface area contributed by atoms with Crippen LogP contribution in [0.3, 0.4) is 0 Å². The van der Waals surface area contributed by atoms with E-state index in [-0.39, 0.29) is 11.9 Å². The minimum atomic E-state index is 0.00586. The van der Waals surface area contributed by atoms with Gasteiger partial charge >= 0.3 is 0 Å². The molecule has 0 radical (unpaired) electrons. The summed E-state index contributed by atoms with van der Waals surface area (Å²) in [5, 5.41) is 4.28. The van der Waals surface area contributed by atoms with Crippen molar-refractivity contribution in [3.05, 3.63) is 65.9 Å². The van der Waals surface area contributed by atoms with Crippen LogP contribution < -0.4 is 10.1 Å². The lowest BCUT2D eigenvalue weighted by atomic mass is 10.0. The van der Waals surface area contributed by atoms with Gasteiger partial charge in [0.1, 0.15) is 5.75 Å². The Morgan fingerprint density at radius 3 is 3.07 bits per heavy atom. The third-order valence-corrected chi connectivity index (χ3v) is 5.20. The van der Waals surface area contributed by atoms with Crippen molar-refractivity contribution in [2.24, 2.45) is 0 Å². The Bertz CT molecular complexity index is 934. The molecule has 0 spiro atoms. The number of amides is 1. The molecule has 2 N–H and O–H groups in total. The quantitative estimate of drug-likeness (QED) is 0.729. The van der Waals surface area contributed by atoms with E-state index < -0.39 is 0 Å². The van der Waals surface area contributed by atoms with Gasteiger partial charge in [0, 0.05) is 41.8 Å². The Balaban J connectivity index is 1.38. The number of hydrogen-bond acceptors (Lipinski definition) is 3. The highest BCUT2D eigenvalue weighted by Gasteiger charge is 2.22. The molecular formula is C22H25N3O2. The number of rotatable bonds is 5. The number of hydrogen-bond donors (Lipinski definition) is 2. The molecule has 0 bridgehead atoms. The molecular weight excluding hydrogens is 338 g/mol. The summed E-state index contributed by atoms with van der Waals surface area (Å²) in [7, 11) is 1.69. The van der Waals surface area contributed by atoms with E-state index in [1.165, 1.54) is 5.56 Å². The normalized spacial score (nSPS) is 17.7. The lowest BCUT2D eigenvalue weighted by Gasteiger charge is -2.33. The second-order valence-electron chi connectivity index (χ2n) is 7.18. The zero-order chi connectivity index (χ0) is 18.6. The minimum absolute atomic E-state index is 0.00586. The summed E-state index contributed by atoms with van der Waals surface area (Å²) in [5.74, 6) is 0.890. The van der Waals surface area contributed by atoms with Gasteiger partial charge in [-0.1, -0.05) is 12.1 Å². The van der Waals surface area contributed by atoms with E-state index in [0.717, 1.165) is 49.1 Å². The molecule has 1 unspecified atom stereocenters. The first-order valence-electron chi connectivity index (χ1n) is 9.44. The van der Waals surface area contributed by atoms with Crippen LogP contribution >= 0.6 is 0 Å². The third kappa shape index (κ3) is 4.14. The van der Waals surface area contributed by atoms with Gasteiger partial charge in [-0.15, -0.1) is 0 Å². The summed E-state index contributed by atoms with van der Waals surface area (Å²) in [6, 6.07) is 16.1. The fourth-order valence-electron chi connectivity index (χ4n) is 3.81. The molecule has 1 saturated heterocycles. The van der Waals surface area contributed by atoms with E-state index in [0.29, 0.717) is 5.56 Å². The van der Waals surface area contributed by atoms with Gasteiger partial charge in [0.15, 0.2) is 0 Å². The van der Waals surface area contributed by atoms with Crippen LogP contribution in [0.1, 0.15) is 28.8 Å². The van der Waals surface area contributed by atoms with Crippen molar-refractivity contribution in [3.63, 3.8) is 0 Å². The Morgan fingerprint density at radius 1 is 1.26 bits per heavy atom. The summed E-state index contributed by atoms with van der Waals surface area (Å²) in [6.45, 7) is 2.80. The molecule has 5 heteroatoms. The van der Waals surface area contributed by atoms with Gasteiger partial charge in [-0.25, -0.2) is 0 Å². The van der Waals surface area contributed by atoms with E-state index in [2.05, 4.69) is 27.3 Å². The van der Waals surface area contributed by atoms with Crippen molar-refractivity contribution >= 4 is 16.8 Å². The first kappa shape index (κ1) is 17.6. The van der Waals surface area contributed by atoms with E-state index in [1.54, 1.807) is 7.11 Å². The second-order valence-corrected chi connectivity index (χ2v) is 7.18. The fraction of sp³-hybridized carbons (Fsp3) is 0.318. The molecule has 27 heavy (non-hydrogen) atoms. The monoisotopic (exact) mass is 363 g/mol. The van der Waals surface area contributed by atoms with Crippen molar-refractivity contribution < 1.29 is 9.53 Å². The number of piperidine rings is 1. The standard InChI is InChI=1S/C22H25N3O2/c1-27-20-6-2-4-16(12-20)14-25-11-3-5-19(15-25)24-22(26)18-7-8-21-17(13-18)9-10-23-21/h2,4,6-10,12-13,19,23H,3,5,11,14-15H2,1H3,(H,24,26). The predicted octanol–water partition coefficient (Wildman–Crippen LogP) is 3.57. The molecule has 0 aliphatic carbocycles. The smallest absolute Gasteiger partial charge is 0.251 e. The zero-order valence-electron chi connectivity index (χ0n) is 15.6. The average Bonchev–Trinajstić information content (AvgIpc) is 3.16. The minimum Gasteiger partial charge on any atom is -0.497 e. The van der Waals surface area contributed by atoms with Crippen molar-refractivity contribution in [2.45, 2.75) is 25.4 Å². The van der Waals surface area contributed by atoms with E-state index >= 15 is 0 Å². The van der Waals surface area contributed by atoms with Gasteiger partial charge in [-0.3, -0.25) is 9.69 Å². The summed E-state index contributed by atoms with van der Waals surface area (Å²) < 4.78 is 5.31. The van der Waals surface area contributed by atoms with E-state index in [4.69, 9.17) is 4.74 Å². The predicted molar refractivity (Wildman–Crippen MR) is 107 cm³/mol. The Kier molecular flexibility index (Phi) is 5.12. The highest BCUT2D eigenvalue weighted by atomic mass is 16.5. The SMILES string of the molecule is COc1cccc(CN2CCCC(NC(=O)c3ccc4[nH]ccc4c3)C2)c1. The van der Waals surface area contributed by atoms with Crippen LogP contribution in [0.4, 0.5) is 0 Å². The van der Waals surface area contributed by atoms with Gasteiger partial charge in [-0.05, 0) is 61.3 Å². The number of ether oxygens (including phenoxy) is 1. The number of carbonyl (C=O) groups is 1. The van der Waals surface area contributed by atoms with Crippen LogP contribution in [0.15, 0.2) is 54.7 Å². The Labute approximate surface area is 159 Å². The Morgan fingerprint density at radius 2 is 2.19 bits per heavy atom. The molecule has 1 aromatic heterocycles. The molecule has 140 valence electrons. The molecule has 0 saturated carbocycles. The lowest BCUT2D eigenvalue weighted by Crippen LogP contribution is -2.47. The zero-order valence-corrected chi connectivity index (χ0v) is 15.6. The van der Waals surface area contributed by atoms with Crippen molar-refractivity contribution in [1.82, 2.24) is 15.2 Å². The molecule has 1 atom stereocenters. The van der Waals surface area contributed by atoms with Gasteiger partial charge in [0.25, 0.3) is 5.91 Å². The van der Waals surface area contributed by atoms with Gasteiger partial charge in [0.05, 0.1) is 7.11 Å². The molecule has 1 aliphatic rings. The number of aromatic nitrogens is 1. The van der Waals surface area contributed by atoms with Crippen LogP contribution in [0.2, 0.25) is 0 Å². The largest absolute Gasteiger partial charge is 0.497 e. The van der Waals surface area contributed by atoms with Crippen LogP contribution in [-0.2, 0) is 6.54 Å². The number of aromatic amines is 1. The number of nitrogens with zero attached hydrogens (tertiary/aromatic N) is 1. The number of fused-ring (bicyclic) bond motifs is 1. The van der Waals surface area contributed by atoms with Crippen LogP contribution in [0, 0.1) is 0 Å². The lowest BCUT2D eigenvalue weighted by molar-refractivity contribution is 0.0901. The number of likely N-dealkylation sites (tertiary alicyclic amines) is 1. The molecule has 3 aromatic rings. The van der Waals surface area contributed by atoms with Crippen molar-refractivity contribution in [1.29, 1.82) is 0 Å². The molecule has 2 heterocycles. The van der Waals surface area contributed by atoms with Gasteiger partial charge in [0.2, 0.25) is 0 Å². The molecule has 5 nitrogen and oxygen atoms in total. The summed E-state index contributed by atoms with van der Waals surface area (Å²) in [5.41, 5.74) is 3.00. The van der Waals surface area contributed by atoms with Crippen molar-refractivity contribution in [2.75, 3.05) is 20.2 Å². The number of nitrogens with one attached hydrogen (secondary N) is 2. The second kappa shape index (κ2) is 7.84. The highest BCUT2D eigenvalue weighted by molar-refractivity contribution is 5.98. The maximum absolute atomic E-state index is 12.7. The van der Waals surface area contributed by atoms with Crippen LogP contribution in [0.25, 0.3) is 10.9 Å². The summed E-state index contributed by atoms with van der Waals surface area (Å²) in [4.78, 5) is 18.2. The van der Waals surface area contributed by atoms with Crippen LogP contribution in [-0.4, -0.2) is 42.0 Å². The Hall–Kier alpha value is -2.79. The summed E-state index contributed by atoms with van der Waals surface area (Å²) >= 11 is 0. The highest BCUT2D eigenvalue weighted by Crippen LogP contribution is 2.19. The first-order valence-corrected chi connectivity index (χ1v) is 9.44. The maximum Gasteiger partial charge on any atom is 0.251 e. The molecule has 1 fully saturated rings. The molecule has 2 aromatic carbocycles. The number of methoxy groups -OCH3 is 1. The summed E-state index contributed by atoms with van der Waals surface area (Å²) in [6.07, 6.45) is 4.00. The van der Waals surface area contributed by atoms with Gasteiger partial charge < -0.3 is 15.0 Å². The number of carbonyl (C=O) groups excluding carboxylic acids is 1. The fourth-order valence-corrected chi connectivity index (χ4v) is 3.81. The average molecular weight is 363 g/mol. The third-order valence-electron chi connectivity index (χ3n) is 5.20. The maximum atomic E-state index is 12.7. The molecule has 1 aliphatic heterocycles. The van der Waals surface area contributed by atoms with Crippen molar-refractivity contribution in [3.8, 4) is 5.75 Å². The van der Waals surface area contributed by atoms with E-state index in [1.807, 2.05) is 42.6 Å². The molecule has 4 rings (SSSR count). The van der Waals surface area contributed by atoms with Gasteiger partial charge in [-0.2, -0.15) is 0 Å². The topological polar surface area (TPSA) is 57.4 Å². The van der Waals surface area contributed by atoms with E-state index in [9.17, 15) is 4.79 Å².